The third kappa shape index (κ3) is 16.9. The molecule has 2 aliphatic rings. The maximum absolute atomic E-state index is 4.07. The van der Waals surface area contributed by atoms with Crippen molar-refractivity contribution in [1.82, 2.24) is 0 Å². The van der Waals surface area contributed by atoms with Crippen LogP contribution in [-0.2, 0) is 20.9 Å². The van der Waals surface area contributed by atoms with Crippen molar-refractivity contribution in [2.75, 3.05) is 0 Å². The van der Waals surface area contributed by atoms with Crippen molar-refractivity contribution in [2.45, 2.75) is 97.9 Å². The van der Waals surface area contributed by atoms with Crippen LogP contribution in [0, 0.1) is 32.1 Å². The molecule has 0 amide bonds. The molecule has 0 aliphatic heterocycles. The molecule has 1 nitrogen and oxygen atoms in total. The zero-order valence-electron chi connectivity index (χ0n) is 16.1. The van der Waals surface area contributed by atoms with Crippen LogP contribution < -0.4 is 0 Å². The van der Waals surface area contributed by atoms with Gasteiger partial charge in [0, 0.05) is 0 Å². The largest absolute Gasteiger partial charge is 0.358 e. The van der Waals surface area contributed by atoms with Gasteiger partial charge in [0.05, 0.1) is 0 Å². The monoisotopic (exact) mass is 387 g/mol. The van der Waals surface area contributed by atoms with Crippen LogP contribution in [0.1, 0.15) is 92.4 Å². The van der Waals surface area contributed by atoms with E-state index in [4.69, 9.17) is 0 Å². The van der Waals surface area contributed by atoms with Crippen molar-refractivity contribution in [1.29, 1.82) is 0 Å². The molecule has 0 saturated heterocycles. The number of nitrogens with zero attached hydrogens (tertiary/aromatic N) is 1. The molecule has 0 radical (unpaired) electrons. The first-order valence-corrected chi connectivity index (χ1v) is 9.87. The molecule has 2 heteroatoms. The summed E-state index contributed by atoms with van der Waals surface area (Å²) in [5.41, 5.74) is 0.189. The van der Waals surface area contributed by atoms with Gasteiger partial charge in [-0.1, -0.05) is 57.8 Å². The summed E-state index contributed by atoms with van der Waals surface area (Å²) in [6.45, 7) is 10.9. The zero-order chi connectivity index (χ0) is 16.1. The van der Waals surface area contributed by atoms with E-state index in [2.05, 4.69) is 50.8 Å². The third-order valence-corrected chi connectivity index (χ3v) is 5.47. The van der Waals surface area contributed by atoms with E-state index < -0.39 is 0 Å². The van der Waals surface area contributed by atoms with Gasteiger partial charge in [-0.15, -0.1) is 0 Å². The van der Waals surface area contributed by atoms with Gasteiger partial charge in [0.15, 0.2) is 0 Å². The van der Waals surface area contributed by atoms with Crippen molar-refractivity contribution < 1.29 is 20.9 Å². The summed E-state index contributed by atoms with van der Waals surface area (Å²) >= 11 is 1.52. The Bertz CT molecular complexity index is 229. The van der Waals surface area contributed by atoms with Gasteiger partial charge < -0.3 is 20.3 Å². The normalized spacial score (nSPS) is 24.5. The zero-order valence-corrected chi connectivity index (χ0v) is 18.3. The Morgan fingerprint density at radius 1 is 1.05 bits per heavy atom. The van der Waals surface area contributed by atoms with Gasteiger partial charge in [-0.25, -0.2) is 0 Å². The second-order valence-electron chi connectivity index (χ2n) is 7.57. The summed E-state index contributed by atoms with van der Waals surface area (Å²) in [5.74, 6) is 1.97. The van der Waals surface area contributed by atoms with Crippen molar-refractivity contribution in [3.05, 3.63) is 20.3 Å². The Hall–Kier alpha value is 0.540. The first kappa shape index (κ1) is 24.8. The van der Waals surface area contributed by atoms with Gasteiger partial charge in [-0.3, -0.25) is 0 Å². The van der Waals surface area contributed by atoms with Gasteiger partial charge in [0.25, 0.3) is 0 Å². The maximum atomic E-state index is 4.07. The van der Waals surface area contributed by atoms with Gasteiger partial charge in [0.2, 0.25) is 0 Å². The fourth-order valence-electron chi connectivity index (χ4n) is 2.61. The minimum absolute atomic E-state index is 0. The second-order valence-corrected chi connectivity index (χ2v) is 8.06. The predicted octanol–water partition coefficient (Wildman–Crippen LogP) is 7.16. The van der Waals surface area contributed by atoms with E-state index in [1.54, 1.807) is 0 Å². The Labute approximate surface area is 154 Å². The molecule has 22 heavy (non-hydrogen) atoms. The first-order chi connectivity index (χ1) is 9.89. The van der Waals surface area contributed by atoms with Crippen molar-refractivity contribution >= 4 is 0 Å². The SMILES string of the molecule is CC(C)(C)[N]=[Nb].CCC1C[CH-]CC(C)C1.[CH-]1CCCCC1.[CH3-]. The van der Waals surface area contributed by atoms with Crippen LogP contribution in [0.15, 0.2) is 3.34 Å². The smallest absolute Gasteiger partial charge is 0.0527 e. The van der Waals surface area contributed by atoms with E-state index in [-0.39, 0.29) is 13.0 Å². The quantitative estimate of drug-likeness (QED) is 0.334. The second kappa shape index (κ2) is 15.1. The van der Waals surface area contributed by atoms with E-state index >= 15 is 0 Å². The third-order valence-electron chi connectivity index (χ3n) is 4.00. The van der Waals surface area contributed by atoms with Crippen LogP contribution in [0.3, 0.4) is 0 Å². The molecule has 0 aromatic carbocycles. The topological polar surface area (TPSA) is 12.4 Å². The Balaban J connectivity index is 0. The van der Waals surface area contributed by atoms with E-state index in [1.807, 2.05) is 0 Å². The summed E-state index contributed by atoms with van der Waals surface area (Å²) in [4.78, 5) is 0. The summed E-state index contributed by atoms with van der Waals surface area (Å²) in [7, 11) is 0. The molecule has 2 atom stereocenters. The van der Waals surface area contributed by atoms with Crippen molar-refractivity contribution in [3.8, 4) is 0 Å². The van der Waals surface area contributed by atoms with Crippen LogP contribution >= 0.6 is 0 Å². The van der Waals surface area contributed by atoms with Gasteiger partial charge in [-0.05, 0) is 0 Å². The van der Waals surface area contributed by atoms with E-state index in [0.717, 1.165) is 11.8 Å². The van der Waals surface area contributed by atoms with Crippen LogP contribution in [-0.4, -0.2) is 5.54 Å². The molecule has 2 saturated carbocycles. The number of rotatable bonds is 1. The Morgan fingerprint density at radius 3 is 1.82 bits per heavy atom. The summed E-state index contributed by atoms with van der Waals surface area (Å²) in [5, 5.41) is 0. The molecule has 2 unspecified atom stereocenters. The van der Waals surface area contributed by atoms with Crippen molar-refractivity contribution in [3.63, 3.8) is 0 Å². The van der Waals surface area contributed by atoms with Crippen LogP contribution in [0.2, 0.25) is 0 Å². The molecule has 0 bridgehead atoms. The van der Waals surface area contributed by atoms with Crippen LogP contribution in [0.5, 0.6) is 0 Å². The fourth-order valence-corrected chi connectivity index (χ4v) is 2.61. The van der Waals surface area contributed by atoms with Crippen LogP contribution in [0.25, 0.3) is 0 Å². The molecular formula is C20H40NNb-3. The molecule has 2 fully saturated rings. The summed E-state index contributed by atoms with van der Waals surface area (Å²) in [6, 6.07) is 0. The molecule has 0 aromatic rings. The minimum atomic E-state index is 0. The molecule has 2 rings (SSSR count). The molecular weight excluding hydrogens is 347 g/mol. The van der Waals surface area contributed by atoms with E-state index in [9.17, 15) is 0 Å². The molecule has 133 valence electrons. The van der Waals surface area contributed by atoms with E-state index in [1.165, 1.54) is 78.7 Å². The standard InChI is InChI=1S/C9H17.C6H11.C4H9N.CH3.Nb/c1-3-9-6-4-5-8(2)7-9;1-2-4-6-5-3-1;1-4(2,3)5;;/h4,8-9H,3,5-7H2,1-2H3;1H,2-6H2;1-3H3;1H3;/q2*-1;;-1;. The Morgan fingerprint density at radius 2 is 1.59 bits per heavy atom. The predicted molar refractivity (Wildman–Crippen MR) is 97.1 cm³/mol. The van der Waals surface area contributed by atoms with Gasteiger partial charge in [-0.2, -0.15) is 25.7 Å². The van der Waals surface area contributed by atoms with Crippen molar-refractivity contribution in [2.24, 2.45) is 15.2 Å². The van der Waals surface area contributed by atoms with Gasteiger partial charge in [0.1, 0.15) is 0 Å². The summed E-state index contributed by atoms with van der Waals surface area (Å²) < 4.78 is 4.07. The molecule has 0 heterocycles. The van der Waals surface area contributed by atoms with Crippen LogP contribution in [0.4, 0.5) is 0 Å². The maximum Gasteiger partial charge on any atom is -0.0527 e. The molecule has 0 spiro atoms. The average Bonchev–Trinajstić information content (AvgIpc) is 2.49. The average molecular weight is 387 g/mol. The summed E-state index contributed by atoms with van der Waals surface area (Å²) in [6.07, 6.45) is 17.5. The molecule has 0 N–H and O–H groups in total. The molecule has 2 aliphatic carbocycles. The fraction of sp³-hybridized carbons (Fsp3) is 0.850. The van der Waals surface area contributed by atoms with Gasteiger partial charge >= 0.3 is 50.5 Å². The first-order valence-electron chi connectivity index (χ1n) is 8.88. The number of hydrogen-bond donors (Lipinski definition) is 0. The minimum Gasteiger partial charge on any atom is -0.358 e. The molecule has 0 aromatic heterocycles. The van der Waals surface area contributed by atoms with E-state index in [0.29, 0.717) is 0 Å². The number of hydrogen-bond acceptors (Lipinski definition) is 1. The Kier molecular flexibility index (Phi) is 17.0.